The lowest BCUT2D eigenvalue weighted by Crippen LogP contribution is -2.41. The number of halogens is 1. The molecular weight excluding hydrogens is 453 g/mol. The van der Waals surface area contributed by atoms with Gasteiger partial charge in [-0.1, -0.05) is 25.1 Å². The predicted molar refractivity (Wildman–Crippen MR) is 121 cm³/mol. The zero-order valence-electron chi connectivity index (χ0n) is 17.4. The summed E-state index contributed by atoms with van der Waals surface area (Å²) in [5.41, 5.74) is 2.02. The smallest absolute Gasteiger partial charge is 0.257 e. The van der Waals surface area contributed by atoms with Crippen molar-refractivity contribution >= 4 is 32.4 Å². The second kappa shape index (κ2) is 9.45. The summed E-state index contributed by atoms with van der Waals surface area (Å²) < 4.78 is 46.5. The van der Waals surface area contributed by atoms with Crippen LogP contribution < -0.4 is 5.32 Å². The van der Waals surface area contributed by atoms with Gasteiger partial charge in [-0.25, -0.2) is 17.8 Å². The second-order valence-corrected chi connectivity index (χ2v) is 9.96. The minimum atomic E-state index is -3.74. The lowest BCUT2D eigenvalue weighted by Gasteiger charge is -2.27. The number of ether oxygens (including phenoxy) is 1. The first-order chi connectivity index (χ1) is 15.4. The third-order valence-corrected chi connectivity index (χ3v) is 7.88. The van der Waals surface area contributed by atoms with Crippen molar-refractivity contribution in [2.45, 2.75) is 18.2 Å². The van der Waals surface area contributed by atoms with Gasteiger partial charge in [0.1, 0.15) is 5.82 Å². The Morgan fingerprint density at radius 2 is 2.00 bits per heavy atom. The number of sulfonamides is 1. The van der Waals surface area contributed by atoms with E-state index < -0.39 is 15.9 Å². The fourth-order valence-electron chi connectivity index (χ4n) is 3.43. The van der Waals surface area contributed by atoms with Crippen molar-refractivity contribution in [2.75, 3.05) is 31.6 Å². The van der Waals surface area contributed by atoms with Crippen molar-refractivity contribution in [3.8, 4) is 11.3 Å². The van der Waals surface area contributed by atoms with Crippen molar-refractivity contribution in [1.29, 1.82) is 0 Å². The van der Waals surface area contributed by atoms with E-state index in [2.05, 4.69) is 10.3 Å². The quantitative estimate of drug-likeness (QED) is 0.586. The summed E-state index contributed by atoms with van der Waals surface area (Å²) >= 11 is 1.21. The van der Waals surface area contributed by atoms with Crippen LogP contribution in [0, 0.1) is 5.82 Å². The molecule has 2 heterocycles. The Morgan fingerprint density at radius 1 is 1.22 bits per heavy atom. The van der Waals surface area contributed by atoms with E-state index in [0.717, 1.165) is 0 Å². The number of carbonyl (C=O) groups is 1. The number of aromatic nitrogens is 1. The molecule has 0 saturated carbocycles. The zero-order chi connectivity index (χ0) is 22.7. The fourth-order valence-corrected chi connectivity index (χ4v) is 5.88. The first kappa shape index (κ1) is 22.5. The highest BCUT2D eigenvalue weighted by Crippen LogP contribution is 2.27. The number of nitrogens with one attached hydrogen (secondary N) is 1. The number of hydrogen-bond donors (Lipinski definition) is 1. The Labute approximate surface area is 189 Å². The summed E-state index contributed by atoms with van der Waals surface area (Å²) in [6, 6.07) is 10.7. The molecule has 0 radical (unpaired) electrons. The summed E-state index contributed by atoms with van der Waals surface area (Å²) in [6.45, 7) is 3.13. The van der Waals surface area contributed by atoms with Crippen molar-refractivity contribution in [3.63, 3.8) is 0 Å². The highest BCUT2D eigenvalue weighted by Gasteiger charge is 2.29. The first-order valence-corrected chi connectivity index (χ1v) is 12.4. The van der Waals surface area contributed by atoms with Gasteiger partial charge in [0, 0.05) is 29.6 Å². The predicted octanol–water partition coefficient (Wildman–Crippen LogP) is 3.78. The van der Waals surface area contributed by atoms with Crippen LogP contribution in [0.5, 0.6) is 0 Å². The van der Waals surface area contributed by atoms with Crippen LogP contribution in [-0.2, 0) is 21.2 Å². The van der Waals surface area contributed by atoms with Gasteiger partial charge in [-0.2, -0.15) is 4.31 Å². The fraction of sp³-hybridized carbons (Fsp3) is 0.273. The van der Waals surface area contributed by atoms with Gasteiger partial charge >= 0.3 is 0 Å². The highest BCUT2D eigenvalue weighted by atomic mass is 32.2. The number of aryl methyl sites for hydroxylation is 1. The minimum absolute atomic E-state index is 0.133. The normalized spacial score (nSPS) is 14.9. The summed E-state index contributed by atoms with van der Waals surface area (Å²) in [7, 11) is -3.74. The third-order valence-electron chi connectivity index (χ3n) is 5.14. The topological polar surface area (TPSA) is 88.6 Å². The molecule has 1 N–H and O–H groups in total. The van der Waals surface area contributed by atoms with Crippen molar-refractivity contribution in [1.82, 2.24) is 9.29 Å². The number of benzene rings is 2. The Morgan fingerprint density at radius 3 is 2.72 bits per heavy atom. The SMILES string of the molecule is CCc1ccc(C(=O)Nc2nc(-c3cccc(F)c3)cs2)cc1S(=O)(=O)N1CCOCC1. The Kier molecular flexibility index (Phi) is 6.66. The molecule has 1 aliphatic heterocycles. The summed E-state index contributed by atoms with van der Waals surface area (Å²) in [6.07, 6.45) is 0.518. The second-order valence-electron chi connectivity index (χ2n) is 7.19. The summed E-state index contributed by atoms with van der Waals surface area (Å²) in [5, 5.41) is 4.77. The number of hydrogen-bond acceptors (Lipinski definition) is 6. The standard InChI is InChI=1S/C22H22FN3O4S2/c1-2-15-6-7-17(13-20(15)32(28,29)26-8-10-30-11-9-26)21(27)25-22-24-19(14-31-22)16-4-3-5-18(23)12-16/h3-7,12-14H,2,8-11H2,1H3,(H,24,25,27). The van der Waals surface area contributed by atoms with Gasteiger partial charge in [-0.05, 0) is 36.2 Å². The molecular formula is C22H22FN3O4S2. The van der Waals surface area contributed by atoms with E-state index in [4.69, 9.17) is 4.74 Å². The maximum atomic E-state index is 13.5. The molecule has 1 saturated heterocycles. The Hall–Kier alpha value is -2.66. The first-order valence-electron chi connectivity index (χ1n) is 10.1. The molecule has 168 valence electrons. The van der Waals surface area contributed by atoms with Crippen LogP contribution in [0.1, 0.15) is 22.8 Å². The van der Waals surface area contributed by atoms with E-state index >= 15 is 0 Å². The largest absolute Gasteiger partial charge is 0.379 e. The van der Waals surface area contributed by atoms with Crippen LogP contribution in [0.2, 0.25) is 0 Å². The molecule has 32 heavy (non-hydrogen) atoms. The summed E-state index contributed by atoms with van der Waals surface area (Å²) in [4.78, 5) is 17.3. The molecule has 10 heteroatoms. The van der Waals surface area contributed by atoms with Gasteiger partial charge < -0.3 is 4.74 Å². The molecule has 1 aromatic heterocycles. The Bertz CT molecular complexity index is 1240. The molecule has 7 nitrogen and oxygen atoms in total. The van der Waals surface area contributed by atoms with E-state index in [1.165, 1.54) is 33.8 Å². The molecule has 0 aliphatic carbocycles. The van der Waals surface area contributed by atoms with Crippen LogP contribution in [0.25, 0.3) is 11.3 Å². The molecule has 1 aliphatic rings. The van der Waals surface area contributed by atoms with E-state index in [0.29, 0.717) is 41.6 Å². The molecule has 0 spiro atoms. The van der Waals surface area contributed by atoms with Crippen LogP contribution in [0.3, 0.4) is 0 Å². The van der Waals surface area contributed by atoms with E-state index in [9.17, 15) is 17.6 Å². The average Bonchev–Trinajstić information content (AvgIpc) is 3.27. The molecule has 3 aromatic rings. The van der Waals surface area contributed by atoms with Gasteiger partial charge in [-0.15, -0.1) is 11.3 Å². The van der Waals surface area contributed by atoms with Gasteiger partial charge in [0.2, 0.25) is 10.0 Å². The lowest BCUT2D eigenvalue weighted by molar-refractivity contribution is 0.0730. The zero-order valence-corrected chi connectivity index (χ0v) is 19.0. The molecule has 0 unspecified atom stereocenters. The van der Waals surface area contributed by atoms with E-state index in [-0.39, 0.29) is 29.4 Å². The van der Waals surface area contributed by atoms with Crippen molar-refractivity contribution < 1.29 is 22.3 Å². The Balaban J connectivity index is 1.58. The molecule has 0 atom stereocenters. The molecule has 2 aromatic carbocycles. The monoisotopic (exact) mass is 475 g/mol. The maximum absolute atomic E-state index is 13.5. The number of anilines is 1. The number of carbonyl (C=O) groups excluding carboxylic acids is 1. The molecule has 1 amide bonds. The van der Waals surface area contributed by atoms with E-state index in [1.54, 1.807) is 29.6 Å². The van der Waals surface area contributed by atoms with Crippen LogP contribution in [0.15, 0.2) is 52.7 Å². The number of nitrogens with zero attached hydrogens (tertiary/aromatic N) is 2. The number of thiazole rings is 1. The average molecular weight is 476 g/mol. The van der Waals surface area contributed by atoms with Crippen LogP contribution in [-0.4, -0.2) is 49.9 Å². The van der Waals surface area contributed by atoms with Gasteiger partial charge in [0.05, 0.1) is 23.8 Å². The number of amides is 1. The maximum Gasteiger partial charge on any atom is 0.257 e. The molecule has 1 fully saturated rings. The van der Waals surface area contributed by atoms with Gasteiger partial charge in [-0.3, -0.25) is 10.1 Å². The molecule has 4 rings (SSSR count). The van der Waals surface area contributed by atoms with Gasteiger partial charge in [0.25, 0.3) is 5.91 Å². The highest BCUT2D eigenvalue weighted by molar-refractivity contribution is 7.89. The van der Waals surface area contributed by atoms with Crippen LogP contribution in [0.4, 0.5) is 9.52 Å². The number of morpholine rings is 1. The number of rotatable bonds is 6. The van der Waals surface area contributed by atoms with Gasteiger partial charge in [0.15, 0.2) is 5.13 Å². The summed E-state index contributed by atoms with van der Waals surface area (Å²) in [5.74, 6) is -0.836. The minimum Gasteiger partial charge on any atom is -0.379 e. The molecule has 0 bridgehead atoms. The third kappa shape index (κ3) is 4.73. The lowest BCUT2D eigenvalue weighted by atomic mass is 10.1. The van der Waals surface area contributed by atoms with Crippen molar-refractivity contribution in [2.24, 2.45) is 0 Å². The van der Waals surface area contributed by atoms with Crippen molar-refractivity contribution in [3.05, 3.63) is 64.8 Å². The van der Waals surface area contributed by atoms with Crippen LogP contribution >= 0.6 is 11.3 Å². The van der Waals surface area contributed by atoms with E-state index in [1.807, 2.05) is 6.92 Å².